The van der Waals surface area contributed by atoms with Crippen molar-refractivity contribution in [2.75, 3.05) is 19.8 Å². The molecule has 0 aromatic heterocycles. The maximum atomic E-state index is 9.37. The molecule has 0 saturated carbocycles. The second-order valence-corrected chi connectivity index (χ2v) is 4.18. The Kier molecular flexibility index (Phi) is 5.83. The fourth-order valence-corrected chi connectivity index (χ4v) is 2.00. The first kappa shape index (κ1) is 11.3. The smallest absolute Gasteiger partial charge is 0.332 e. The summed E-state index contributed by atoms with van der Waals surface area (Å²) in [6.45, 7) is 3.83. The van der Waals surface area contributed by atoms with Gasteiger partial charge in [-0.2, -0.15) is 0 Å². The molecule has 1 heterocycles. The van der Waals surface area contributed by atoms with Crippen molar-refractivity contribution in [3.05, 3.63) is 0 Å². The summed E-state index contributed by atoms with van der Waals surface area (Å²) in [5, 5.41) is 9.37. The van der Waals surface area contributed by atoms with Gasteiger partial charge in [0.05, 0.1) is 25.9 Å². The van der Waals surface area contributed by atoms with Crippen LogP contribution in [0.4, 0.5) is 0 Å². The molecule has 1 fully saturated rings. The predicted molar refractivity (Wildman–Crippen MR) is 50.3 cm³/mol. The van der Waals surface area contributed by atoms with E-state index >= 15 is 0 Å². The average Bonchev–Trinajstić information content (AvgIpc) is 2.57. The van der Waals surface area contributed by atoms with Crippen LogP contribution in [0.3, 0.4) is 0 Å². The van der Waals surface area contributed by atoms with Crippen molar-refractivity contribution < 1.29 is 18.7 Å². The minimum absolute atomic E-state index is 0.248. The van der Waals surface area contributed by atoms with E-state index in [1.807, 2.05) is 0 Å². The zero-order chi connectivity index (χ0) is 9.52. The van der Waals surface area contributed by atoms with Crippen molar-refractivity contribution in [3.63, 3.8) is 0 Å². The number of rotatable bonds is 6. The molecule has 4 nitrogen and oxygen atoms in total. The molecule has 0 radical (unpaired) electrons. The number of aliphatic hydroxyl groups excluding tert-OH is 1. The number of hydrogen-bond donors (Lipinski definition) is 1. The molecule has 1 unspecified atom stereocenters. The van der Waals surface area contributed by atoms with Crippen LogP contribution < -0.4 is 0 Å². The first-order valence-electron chi connectivity index (χ1n) is 4.70. The zero-order valence-corrected chi connectivity index (χ0v) is 8.83. The zero-order valence-electron chi connectivity index (χ0n) is 7.94. The molecule has 0 aromatic carbocycles. The summed E-state index contributed by atoms with van der Waals surface area (Å²) in [6, 6.07) is 0. The van der Waals surface area contributed by atoms with Crippen LogP contribution in [0.2, 0.25) is 0 Å². The van der Waals surface area contributed by atoms with Crippen LogP contribution in [0, 0.1) is 0 Å². The van der Waals surface area contributed by atoms with Gasteiger partial charge in [-0.1, -0.05) is 13.3 Å². The molecule has 78 valence electrons. The van der Waals surface area contributed by atoms with Crippen LogP contribution in [0.5, 0.6) is 0 Å². The molecule has 1 N–H and O–H groups in total. The lowest BCUT2D eigenvalue weighted by atomic mass is 10.2. The first-order valence-corrected chi connectivity index (χ1v) is 5.79. The Bertz CT molecular complexity index is 127. The van der Waals surface area contributed by atoms with E-state index in [0.717, 1.165) is 12.8 Å². The molecule has 1 aliphatic rings. The third-order valence-electron chi connectivity index (χ3n) is 1.75. The standard InChI is InChI=1S/C8H17O4P/c1-2-3-8(9)4-5-10-13-11-6-7-12-13/h8-9H,2-7H2,1H3. The van der Waals surface area contributed by atoms with E-state index < -0.39 is 8.60 Å². The Morgan fingerprint density at radius 2 is 2.08 bits per heavy atom. The van der Waals surface area contributed by atoms with E-state index in [1.165, 1.54) is 0 Å². The maximum Gasteiger partial charge on any atom is 0.332 e. The van der Waals surface area contributed by atoms with Gasteiger partial charge in [0.25, 0.3) is 0 Å². The summed E-state index contributed by atoms with van der Waals surface area (Å²) in [7, 11) is -1.10. The number of hydrogen-bond acceptors (Lipinski definition) is 4. The van der Waals surface area contributed by atoms with E-state index in [2.05, 4.69) is 6.92 Å². The molecule has 0 aliphatic carbocycles. The Balaban J connectivity index is 1.93. The Morgan fingerprint density at radius 3 is 2.69 bits per heavy atom. The highest BCUT2D eigenvalue weighted by Crippen LogP contribution is 2.43. The van der Waals surface area contributed by atoms with Crippen LogP contribution in [0.25, 0.3) is 0 Å². The van der Waals surface area contributed by atoms with E-state index in [-0.39, 0.29) is 6.10 Å². The molecule has 1 rings (SSSR count). The molecule has 13 heavy (non-hydrogen) atoms. The van der Waals surface area contributed by atoms with Gasteiger partial charge >= 0.3 is 8.60 Å². The van der Waals surface area contributed by atoms with Crippen molar-refractivity contribution in [1.82, 2.24) is 0 Å². The molecule has 0 aromatic rings. The van der Waals surface area contributed by atoms with Crippen LogP contribution in [0.15, 0.2) is 0 Å². The first-order chi connectivity index (χ1) is 6.33. The van der Waals surface area contributed by atoms with Gasteiger partial charge in [0, 0.05) is 0 Å². The summed E-state index contributed by atoms with van der Waals surface area (Å²) >= 11 is 0. The molecule has 1 saturated heterocycles. The van der Waals surface area contributed by atoms with E-state index in [4.69, 9.17) is 13.6 Å². The third kappa shape index (κ3) is 4.89. The van der Waals surface area contributed by atoms with Gasteiger partial charge in [-0.05, 0) is 12.8 Å². The molecule has 1 atom stereocenters. The highest BCUT2D eigenvalue weighted by Gasteiger charge is 2.18. The lowest BCUT2D eigenvalue weighted by Crippen LogP contribution is -2.08. The maximum absolute atomic E-state index is 9.37. The van der Waals surface area contributed by atoms with Gasteiger partial charge in [-0.25, -0.2) is 0 Å². The summed E-state index contributed by atoms with van der Waals surface area (Å²) in [6.07, 6.45) is 2.26. The molecular formula is C8H17O4P. The van der Waals surface area contributed by atoms with Gasteiger partial charge in [0.2, 0.25) is 0 Å². The molecule has 0 bridgehead atoms. The van der Waals surface area contributed by atoms with E-state index in [9.17, 15) is 5.11 Å². The Hall–Kier alpha value is 0.270. The summed E-state index contributed by atoms with van der Waals surface area (Å²) in [5.41, 5.74) is 0. The van der Waals surface area contributed by atoms with Crippen LogP contribution in [0.1, 0.15) is 26.2 Å². The van der Waals surface area contributed by atoms with Crippen LogP contribution >= 0.6 is 8.60 Å². The molecule has 0 spiro atoms. The van der Waals surface area contributed by atoms with Crippen molar-refractivity contribution in [1.29, 1.82) is 0 Å². The fraction of sp³-hybridized carbons (Fsp3) is 1.00. The highest BCUT2D eigenvalue weighted by molar-refractivity contribution is 7.41. The molecular weight excluding hydrogens is 191 g/mol. The number of aliphatic hydroxyl groups is 1. The van der Waals surface area contributed by atoms with Crippen molar-refractivity contribution in [2.24, 2.45) is 0 Å². The van der Waals surface area contributed by atoms with Crippen molar-refractivity contribution in [2.45, 2.75) is 32.3 Å². The normalized spacial score (nSPS) is 20.8. The highest BCUT2D eigenvalue weighted by atomic mass is 31.2. The third-order valence-corrected chi connectivity index (χ3v) is 2.93. The topological polar surface area (TPSA) is 47.9 Å². The molecule has 1 aliphatic heterocycles. The van der Waals surface area contributed by atoms with Gasteiger partial charge in [-0.3, -0.25) is 0 Å². The fourth-order valence-electron chi connectivity index (χ4n) is 1.08. The van der Waals surface area contributed by atoms with Crippen LogP contribution in [-0.2, 0) is 13.6 Å². The molecule has 5 heteroatoms. The largest absolute Gasteiger partial charge is 0.393 e. The Morgan fingerprint density at radius 1 is 1.38 bits per heavy atom. The second kappa shape index (κ2) is 6.68. The van der Waals surface area contributed by atoms with Crippen molar-refractivity contribution in [3.8, 4) is 0 Å². The van der Waals surface area contributed by atoms with Crippen LogP contribution in [-0.4, -0.2) is 31.0 Å². The van der Waals surface area contributed by atoms with Gasteiger partial charge in [0.1, 0.15) is 0 Å². The van der Waals surface area contributed by atoms with Gasteiger partial charge in [0.15, 0.2) is 0 Å². The SMILES string of the molecule is CCCC(O)CCOP1OCCO1. The lowest BCUT2D eigenvalue weighted by Gasteiger charge is -2.11. The second-order valence-electron chi connectivity index (χ2n) is 2.95. The lowest BCUT2D eigenvalue weighted by molar-refractivity contribution is 0.125. The van der Waals surface area contributed by atoms with Gasteiger partial charge < -0.3 is 18.7 Å². The quantitative estimate of drug-likeness (QED) is 0.676. The Labute approximate surface area is 80.2 Å². The summed E-state index contributed by atoms with van der Waals surface area (Å²) in [5.74, 6) is 0. The summed E-state index contributed by atoms with van der Waals surface area (Å²) < 4.78 is 15.5. The van der Waals surface area contributed by atoms with E-state index in [0.29, 0.717) is 26.2 Å². The van der Waals surface area contributed by atoms with Gasteiger partial charge in [-0.15, -0.1) is 0 Å². The minimum atomic E-state index is -1.10. The van der Waals surface area contributed by atoms with Crippen molar-refractivity contribution >= 4 is 8.60 Å². The minimum Gasteiger partial charge on any atom is -0.393 e. The predicted octanol–water partition coefficient (Wildman–Crippen LogP) is 1.83. The summed E-state index contributed by atoms with van der Waals surface area (Å²) in [4.78, 5) is 0. The van der Waals surface area contributed by atoms with E-state index in [1.54, 1.807) is 0 Å². The monoisotopic (exact) mass is 208 g/mol. The average molecular weight is 208 g/mol. The molecule has 0 amide bonds.